The topological polar surface area (TPSA) is 74.2 Å². The quantitative estimate of drug-likeness (QED) is 0.911. The van der Waals surface area contributed by atoms with Crippen molar-refractivity contribution in [3.05, 3.63) is 11.7 Å². The molecule has 0 amide bonds. The molecule has 1 saturated carbocycles. The number of halogens is 2. The molecule has 1 heterocycles. The monoisotopic (exact) mass is 275 g/mol. The number of nitrogens with two attached hydrogens (primary N) is 1. The van der Waals surface area contributed by atoms with Crippen LogP contribution in [0.15, 0.2) is 4.52 Å². The lowest BCUT2D eigenvalue weighted by molar-refractivity contribution is -0.0402. The summed E-state index contributed by atoms with van der Waals surface area (Å²) in [5.41, 5.74) is 5.17. The molecule has 5 nitrogen and oxygen atoms in total. The van der Waals surface area contributed by atoms with Gasteiger partial charge in [0.25, 0.3) is 0 Å². The zero-order valence-corrected chi connectivity index (χ0v) is 11.2. The lowest BCUT2D eigenvalue weighted by Crippen LogP contribution is -2.39. The van der Waals surface area contributed by atoms with E-state index >= 15 is 0 Å². The van der Waals surface area contributed by atoms with Crippen molar-refractivity contribution >= 4 is 0 Å². The molecule has 0 aliphatic heterocycles. The Balaban J connectivity index is 2.06. The average molecular weight is 275 g/mol. The normalized spacial score (nSPS) is 23.2. The van der Waals surface area contributed by atoms with Gasteiger partial charge in [-0.15, -0.1) is 0 Å². The second-order valence-electron chi connectivity index (χ2n) is 5.44. The minimum atomic E-state index is -2.56. The van der Waals surface area contributed by atoms with Gasteiger partial charge in [0.15, 0.2) is 5.82 Å². The minimum absolute atomic E-state index is 0.0979. The van der Waals surface area contributed by atoms with Crippen LogP contribution in [0.5, 0.6) is 0 Å². The fourth-order valence-corrected chi connectivity index (χ4v) is 2.28. The summed E-state index contributed by atoms with van der Waals surface area (Å²) >= 11 is 0. The smallest absolute Gasteiger partial charge is 0.248 e. The van der Waals surface area contributed by atoms with Crippen LogP contribution in [0.3, 0.4) is 0 Å². The second kappa shape index (κ2) is 5.13. The van der Waals surface area contributed by atoms with Gasteiger partial charge in [0.2, 0.25) is 11.8 Å². The Morgan fingerprint density at radius 3 is 2.68 bits per heavy atom. The van der Waals surface area contributed by atoms with Crippen LogP contribution in [-0.2, 0) is 10.3 Å². The van der Waals surface area contributed by atoms with E-state index in [-0.39, 0.29) is 25.4 Å². The molecule has 0 bridgehead atoms. The lowest BCUT2D eigenvalue weighted by Gasteiger charge is -2.25. The number of alkyl halides is 2. The van der Waals surface area contributed by atoms with Crippen LogP contribution < -0.4 is 5.73 Å². The third-order valence-corrected chi connectivity index (χ3v) is 3.46. The SMILES string of the molecule is COCC(C)(N)c1noc(C2CCC(F)(F)CC2)n1. The van der Waals surface area contributed by atoms with Gasteiger partial charge in [-0.25, -0.2) is 8.78 Å². The Labute approximate surface area is 110 Å². The van der Waals surface area contributed by atoms with Crippen molar-refractivity contribution in [2.45, 2.75) is 50.0 Å². The number of methoxy groups -OCH3 is 1. The number of ether oxygens (including phenoxy) is 1. The van der Waals surface area contributed by atoms with Crippen LogP contribution >= 0.6 is 0 Å². The van der Waals surface area contributed by atoms with E-state index in [1.165, 1.54) is 7.11 Å². The van der Waals surface area contributed by atoms with E-state index in [9.17, 15) is 8.78 Å². The fraction of sp³-hybridized carbons (Fsp3) is 0.833. The molecule has 1 fully saturated rings. The molecule has 0 saturated heterocycles. The van der Waals surface area contributed by atoms with Crippen LogP contribution in [0.25, 0.3) is 0 Å². The van der Waals surface area contributed by atoms with Gasteiger partial charge < -0.3 is 15.0 Å². The van der Waals surface area contributed by atoms with Gasteiger partial charge in [-0.3, -0.25) is 0 Å². The third-order valence-electron chi connectivity index (χ3n) is 3.46. The molecule has 0 radical (unpaired) electrons. The zero-order chi connectivity index (χ0) is 14.1. The minimum Gasteiger partial charge on any atom is -0.382 e. The largest absolute Gasteiger partial charge is 0.382 e. The molecule has 1 atom stereocenters. The van der Waals surface area contributed by atoms with Crippen molar-refractivity contribution in [1.29, 1.82) is 0 Å². The van der Waals surface area contributed by atoms with Crippen LogP contribution in [0.4, 0.5) is 8.78 Å². The van der Waals surface area contributed by atoms with Crippen molar-refractivity contribution in [2.75, 3.05) is 13.7 Å². The van der Waals surface area contributed by atoms with Crippen LogP contribution in [0.1, 0.15) is 50.2 Å². The van der Waals surface area contributed by atoms with Crippen molar-refractivity contribution in [2.24, 2.45) is 5.73 Å². The molecule has 19 heavy (non-hydrogen) atoms. The lowest BCUT2D eigenvalue weighted by atomic mass is 9.87. The van der Waals surface area contributed by atoms with Crippen molar-refractivity contribution in [1.82, 2.24) is 10.1 Å². The first-order chi connectivity index (χ1) is 8.84. The highest BCUT2D eigenvalue weighted by Gasteiger charge is 2.38. The number of hydrogen-bond donors (Lipinski definition) is 1. The Morgan fingerprint density at radius 2 is 2.11 bits per heavy atom. The summed E-state index contributed by atoms with van der Waals surface area (Å²) in [6.45, 7) is 1.99. The third kappa shape index (κ3) is 3.27. The van der Waals surface area contributed by atoms with Gasteiger partial charge in [0.1, 0.15) is 5.54 Å². The molecule has 2 N–H and O–H groups in total. The van der Waals surface area contributed by atoms with Gasteiger partial charge in [0.05, 0.1) is 6.61 Å². The van der Waals surface area contributed by atoms with Crippen molar-refractivity contribution < 1.29 is 18.0 Å². The molecule has 1 aromatic heterocycles. The number of nitrogens with zero attached hydrogens (tertiary/aromatic N) is 2. The highest BCUT2D eigenvalue weighted by molar-refractivity contribution is 5.05. The first kappa shape index (κ1) is 14.3. The Hall–Kier alpha value is -1.08. The summed E-state index contributed by atoms with van der Waals surface area (Å²) < 4.78 is 36.3. The molecule has 1 aliphatic carbocycles. The summed E-state index contributed by atoms with van der Waals surface area (Å²) in [5.74, 6) is -1.91. The summed E-state index contributed by atoms with van der Waals surface area (Å²) in [6.07, 6.45) is 0.459. The predicted molar refractivity (Wildman–Crippen MR) is 63.9 cm³/mol. The predicted octanol–water partition coefficient (Wildman–Crippen LogP) is 2.18. The fourth-order valence-electron chi connectivity index (χ4n) is 2.28. The standard InChI is InChI=1S/C12H19F2N3O2/c1-11(15,7-18-2)10-16-9(19-17-10)8-3-5-12(13,14)6-4-8/h8H,3-7,15H2,1-2H3. The van der Waals surface area contributed by atoms with E-state index in [2.05, 4.69) is 10.1 Å². The maximum atomic E-state index is 13.1. The number of aromatic nitrogens is 2. The summed E-state index contributed by atoms with van der Waals surface area (Å²) in [6, 6.07) is 0. The van der Waals surface area contributed by atoms with Crippen molar-refractivity contribution in [3.8, 4) is 0 Å². The molecule has 1 aromatic rings. The van der Waals surface area contributed by atoms with Gasteiger partial charge in [-0.1, -0.05) is 5.16 Å². The molecular weight excluding hydrogens is 256 g/mol. The van der Waals surface area contributed by atoms with E-state index in [0.29, 0.717) is 24.6 Å². The molecule has 0 aromatic carbocycles. The summed E-state index contributed by atoms with van der Waals surface area (Å²) in [5, 5.41) is 3.84. The molecule has 0 spiro atoms. The Morgan fingerprint density at radius 1 is 1.47 bits per heavy atom. The molecule has 7 heteroatoms. The van der Waals surface area contributed by atoms with Crippen LogP contribution in [0, 0.1) is 0 Å². The summed E-state index contributed by atoms with van der Waals surface area (Å²) in [7, 11) is 1.54. The molecule has 2 rings (SSSR count). The zero-order valence-electron chi connectivity index (χ0n) is 11.2. The number of hydrogen-bond acceptors (Lipinski definition) is 5. The molecule has 1 unspecified atom stereocenters. The number of rotatable bonds is 4. The Kier molecular flexibility index (Phi) is 3.87. The molecular formula is C12H19F2N3O2. The second-order valence-corrected chi connectivity index (χ2v) is 5.44. The van der Waals surface area contributed by atoms with Gasteiger partial charge in [0, 0.05) is 25.9 Å². The van der Waals surface area contributed by atoms with Gasteiger partial charge >= 0.3 is 0 Å². The molecule has 108 valence electrons. The average Bonchev–Trinajstić information content (AvgIpc) is 2.79. The van der Waals surface area contributed by atoms with Gasteiger partial charge in [-0.05, 0) is 19.8 Å². The first-order valence-corrected chi connectivity index (χ1v) is 6.34. The summed E-state index contributed by atoms with van der Waals surface area (Å²) in [4.78, 5) is 4.24. The van der Waals surface area contributed by atoms with E-state index in [1.54, 1.807) is 6.92 Å². The van der Waals surface area contributed by atoms with E-state index in [4.69, 9.17) is 15.0 Å². The van der Waals surface area contributed by atoms with Crippen LogP contribution in [-0.4, -0.2) is 29.8 Å². The van der Waals surface area contributed by atoms with Gasteiger partial charge in [-0.2, -0.15) is 4.98 Å². The van der Waals surface area contributed by atoms with E-state index < -0.39 is 11.5 Å². The first-order valence-electron chi connectivity index (χ1n) is 6.34. The van der Waals surface area contributed by atoms with E-state index in [0.717, 1.165) is 0 Å². The maximum absolute atomic E-state index is 13.1. The Bertz CT molecular complexity index is 424. The maximum Gasteiger partial charge on any atom is 0.248 e. The highest BCUT2D eigenvalue weighted by atomic mass is 19.3. The molecule has 1 aliphatic rings. The van der Waals surface area contributed by atoms with Crippen LogP contribution in [0.2, 0.25) is 0 Å². The van der Waals surface area contributed by atoms with Crippen molar-refractivity contribution in [3.63, 3.8) is 0 Å². The van der Waals surface area contributed by atoms with E-state index in [1.807, 2.05) is 0 Å². The highest BCUT2D eigenvalue weighted by Crippen LogP contribution is 2.40.